The van der Waals surface area contributed by atoms with Crippen LogP contribution in [0.4, 0.5) is 0 Å². The molecule has 4 heteroatoms. The third-order valence-corrected chi connectivity index (χ3v) is 4.57. The molecule has 2 aromatic carbocycles. The first-order chi connectivity index (χ1) is 11.1. The number of nitrogens with one attached hydrogen (secondary N) is 1. The molecule has 0 bridgehead atoms. The Hall–Kier alpha value is -2.20. The largest absolute Gasteiger partial charge is 0.508 e. The fraction of sp³-hybridized carbons (Fsp3) is 0.368. The predicted molar refractivity (Wildman–Crippen MR) is 89.8 cm³/mol. The highest BCUT2D eigenvalue weighted by atomic mass is 16.3. The van der Waals surface area contributed by atoms with Gasteiger partial charge in [0, 0.05) is 12.1 Å². The van der Waals surface area contributed by atoms with Crippen LogP contribution >= 0.6 is 0 Å². The van der Waals surface area contributed by atoms with Crippen molar-refractivity contribution in [2.24, 2.45) is 0 Å². The minimum Gasteiger partial charge on any atom is -0.508 e. The van der Waals surface area contributed by atoms with E-state index in [-0.39, 0.29) is 11.5 Å². The summed E-state index contributed by atoms with van der Waals surface area (Å²) in [6.07, 6.45) is 5.24. The first-order valence-electron chi connectivity index (χ1n) is 8.15. The van der Waals surface area contributed by atoms with Gasteiger partial charge in [-0.1, -0.05) is 18.2 Å². The predicted octanol–water partition coefficient (Wildman–Crippen LogP) is 3.10. The summed E-state index contributed by atoms with van der Waals surface area (Å²) in [5.74, 6) is 0.189. The number of phenols is 3. The number of rotatable bonds is 5. The Bertz CT molecular complexity index is 654. The molecule has 1 saturated heterocycles. The Balaban J connectivity index is 1.48. The maximum atomic E-state index is 9.57. The molecule has 0 spiro atoms. The number of phenolic OH excluding ortho intramolecular Hbond substituents is 3. The summed E-state index contributed by atoms with van der Waals surface area (Å²) in [7, 11) is 0. The maximum absolute atomic E-state index is 9.57. The third kappa shape index (κ3) is 4.17. The Morgan fingerprint density at radius 3 is 2.26 bits per heavy atom. The Morgan fingerprint density at radius 2 is 1.52 bits per heavy atom. The van der Waals surface area contributed by atoms with Gasteiger partial charge in [0.1, 0.15) is 5.75 Å². The lowest BCUT2D eigenvalue weighted by Crippen LogP contribution is -2.31. The van der Waals surface area contributed by atoms with E-state index in [1.807, 2.05) is 18.2 Å². The van der Waals surface area contributed by atoms with E-state index in [1.165, 1.54) is 5.56 Å². The second kappa shape index (κ2) is 6.92. The Labute approximate surface area is 136 Å². The average molecular weight is 313 g/mol. The van der Waals surface area contributed by atoms with Gasteiger partial charge in [0.05, 0.1) is 0 Å². The standard InChI is InChI=1S/C19H23NO3/c21-17-8-2-13(3-9-17)1-5-15-6-7-16(20-15)11-14-4-10-18(22)19(23)12-14/h2-4,8-10,12,15-16,20-23H,1,5-7,11H2/t15-,16-/m0/s1. The number of benzene rings is 2. The topological polar surface area (TPSA) is 72.7 Å². The van der Waals surface area contributed by atoms with Crippen molar-refractivity contribution in [3.63, 3.8) is 0 Å². The molecular formula is C19H23NO3. The number of hydrogen-bond donors (Lipinski definition) is 4. The minimum absolute atomic E-state index is 0.0515. The van der Waals surface area contributed by atoms with Gasteiger partial charge < -0.3 is 20.6 Å². The maximum Gasteiger partial charge on any atom is 0.157 e. The Morgan fingerprint density at radius 1 is 0.826 bits per heavy atom. The van der Waals surface area contributed by atoms with Crippen molar-refractivity contribution in [3.05, 3.63) is 53.6 Å². The molecule has 0 aromatic heterocycles. The highest BCUT2D eigenvalue weighted by Gasteiger charge is 2.23. The van der Waals surface area contributed by atoms with Crippen LogP contribution in [0.5, 0.6) is 17.2 Å². The summed E-state index contributed by atoms with van der Waals surface area (Å²) in [6, 6.07) is 13.4. The van der Waals surface area contributed by atoms with E-state index in [0.29, 0.717) is 17.8 Å². The van der Waals surface area contributed by atoms with Gasteiger partial charge in [0.2, 0.25) is 0 Å². The van der Waals surface area contributed by atoms with Crippen LogP contribution in [-0.2, 0) is 12.8 Å². The van der Waals surface area contributed by atoms with Crippen LogP contribution in [0.25, 0.3) is 0 Å². The molecule has 0 aliphatic carbocycles. The van der Waals surface area contributed by atoms with Gasteiger partial charge in [-0.2, -0.15) is 0 Å². The van der Waals surface area contributed by atoms with Crippen molar-refractivity contribution in [2.75, 3.05) is 0 Å². The molecule has 1 aliphatic rings. The van der Waals surface area contributed by atoms with Crippen LogP contribution in [-0.4, -0.2) is 27.4 Å². The molecule has 1 fully saturated rings. The van der Waals surface area contributed by atoms with Crippen LogP contribution in [0, 0.1) is 0 Å². The van der Waals surface area contributed by atoms with Crippen LogP contribution in [0.3, 0.4) is 0 Å². The zero-order valence-corrected chi connectivity index (χ0v) is 13.1. The second-order valence-corrected chi connectivity index (χ2v) is 6.37. The lowest BCUT2D eigenvalue weighted by atomic mass is 10.0. The van der Waals surface area contributed by atoms with Gasteiger partial charge in [0.25, 0.3) is 0 Å². The molecule has 1 aliphatic heterocycles. The highest BCUT2D eigenvalue weighted by molar-refractivity contribution is 5.40. The van der Waals surface area contributed by atoms with E-state index in [1.54, 1.807) is 24.3 Å². The van der Waals surface area contributed by atoms with E-state index in [0.717, 1.165) is 37.7 Å². The lowest BCUT2D eigenvalue weighted by Gasteiger charge is -2.15. The number of aromatic hydroxyl groups is 3. The van der Waals surface area contributed by atoms with Crippen molar-refractivity contribution in [3.8, 4) is 17.2 Å². The van der Waals surface area contributed by atoms with Crippen molar-refractivity contribution in [1.29, 1.82) is 0 Å². The molecule has 4 N–H and O–H groups in total. The van der Waals surface area contributed by atoms with E-state index in [2.05, 4.69) is 5.32 Å². The zero-order valence-electron chi connectivity index (χ0n) is 13.1. The summed E-state index contributed by atoms with van der Waals surface area (Å²) in [4.78, 5) is 0. The number of hydrogen-bond acceptors (Lipinski definition) is 4. The summed E-state index contributed by atoms with van der Waals surface area (Å²) < 4.78 is 0. The van der Waals surface area contributed by atoms with Crippen molar-refractivity contribution < 1.29 is 15.3 Å². The smallest absolute Gasteiger partial charge is 0.157 e. The van der Waals surface area contributed by atoms with E-state index in [4.69, 9.17) is 0 Å². The summed E-state index contributed by atoms with van der Waals surface area (Å²) in [6.45, 7) is 0. The quantitative estimate of drug-likeness (QED) is 0.640. The first kappa shape index (κ1) is 15.7. The normalized spacial score (nSPS) is 20.7. The molecule has 2 aromatic rings. The summed E-state index contributed by atoms with van der Waals surface area (Å²) in [5, 5.41) is 31.9. The SMILES string of the molecule is Oc1ccc(CC[C@H]2CC[C@@H](Cc3ccc(O)c(O)c3)N2)cc1. The molecule has 1 heterocycles. The van der Waals surface area contributed by atoms with Crippen LogP contribution in [0.2, 0.25) is 0 Å². The lowest BCUT2D eigenvalue weighted by molar-refractivity contribution is 0.402. The zero-order chi connectivity index (χ0) is 16.2. The second-order valence-electron chi connectivity index (χ2n) is 6.37. The molecule has 0 amide bonds. The monoisotopic (exact) mass is 313 g/mol. The summed E-state index contributed by atoms with van der Waals surface area (Å²) >= 11 is 0. The molecule has 122 valence electrons. The Kier molecular flexibility index (Phi) is 4.72. The average Bonchev–Trinajstić information content (AvgIpc) is 2.98. The van der Waals surface area contributed by atoms with Gasteiger partial charge in [-0.3, -0.25) is 0 Å². The molecule has 0 saturated carbocycles. The van der Waals surface area contributed by atoms with Crippen LogP contribution < -0.4 is 5.32 Å². The van der Waals surface area contributed by atoms with Crippen LogP contribution in [0.15, 0.2) is 42.5 Å². The van der Waals surface area contributed by atoms with Gasteiger partial charge in [0.15, 0.2) is 11.5 Å². The first-order valence-corrected chi connectivity index (χ1v) is 8.15. The fourth-order valence-electron chi connectivity index (χ4n) is 3.28. The van der Waals surface area contributed by atoms with Crippen molar-refractivity contribution in [2.45, 2.75) is 44.2 Å². The molecule has 0 unspecified atom stereocenters. The van der Waals surface area contributed by atoms with E-state index < -0.39 is 0 Å². The fourth-order valence-corrected chi connectivity index (χ4v) is 3.28. The van der Waals surface area contributed by atoms with Gasteiger partial charge >= 0.3 is 0 Å². The van der Waals surface area contributed by atoms with Gasteiger partial charge in [-0.15, -0.1) is 0 Å². The molecule has 3 rings (SSSR count). The molecule has 2 atom stereocenters. The molecule has 4 nitrogen and oxygen atoms in total. The molecular weight excluding hydrogens is 290 g/mol. The van der Waals surface area contributed by atoms with Crippen molar-refractivity contribution in [1.82, 2.24) is 5.32 Å². The van der Waals surface area contributed by atoms with E-state index in [9.17, 15) is 15.3 Å². The van der Waals surface area contributed by atoms with E-state index >= 15 is 0 Å². The minimum atomic E-state index is -0.0695. The van der Waals surface area contributed by atoms with Gasteiger partial charge in [-0.05, 0) is 67.5 Å². The molecule has 23 heavy (non-hydrogen) atoms. The van der Waals surface area contributed by atoms with Gasteiger partial charge in [-0.25, -0.2) is 0 Å². The highest BCUT2D eigenvalue weighted by Crippen LogP contribution is 2.27. The third-order valence-electron chi connectivity index (χ3n) is 4.57. The summed E-state index contributed by atoms with van der Waals surface area (Å²) in [5.41, 5.74) is 2.29. The van der Waals surface area contributed by atoms with Crippen LogP contribution in [0.1, 0.15) is 30.4 Å². The number of aryl methyl sites for hydroxylation is 1. The molecule has 0 radical (unpaired) electrons. The van der Waals surface area contributed by atoms with Crippen molar-refractivity contribution >= 4 is 0 Å².